The monoisotopic (exact) mass is 311 g/mol. The molecule has 0 amide bonds. The molecule has 0 aliphatic rings. The molecular weight excluding hydrogens is 294 g/mol. The number of anilines is 1. The van der Waals surface area contributed by atoms with Crippen LogP contribution in [-0.2, 0) is 6.54 Å². The van der Waals surface area contributed by atoms with Gasteiger partial charge in [0.25, 0.3) is 0 Å². The van der Waals surface area contributed by atoms with Gasteiger partial charge in [-0.05, 0) is 29.8 Å². The maximum atomic E-state index is 5.92. The Morgan fingerprint density at radius 2 is 1.73 bits per heavy atom. The Morgan fingerprint density at radius 3 is 2.45 bits per heavy atom. The van der Waals surface area contributed by atoms with Crippen molar-refractivity contribution in [3.8, 4) is 0 Å². The molecule has 0 atom stereocenters. The minimum atomic E-state index is 0.292. The Hall–Kier alpha value is -2.13. The van der Waals surface area contributed by atoms with Gasteiger partial charge >= 0.3 is 0 Å². The fraction of sp³-hybridized carbons (Fsp3) is 0.222. The predicted octanol–water partition coefficient (Wildman–Crippen LogP) is 5.02. The van der Waals surface area contributed by atoms with Gasteiger partial charge < -0.3 is 5.32 Å². The molecule has 1 aromatic heterocycles. The molecule has 0 fully saturated rings. The molecule has 1 heterocycles. The Bertz CT molecular complexity index is 782. The summed E-state index contributed by atoms with van der Waals surface area (Å²) >= 11 is 5.92. The number of nitrogens with zero attached hydrogens (tertiary/aromatic N) is 2. The molecule has 0 aliphatic carbocycles. The van der Waals surface area contributed by atoms with Crippen LogP contribution < -0.4 is 5.32 Å². The van der Waals surface area contributed by atoms with Crippen LogP contribution in [0.25, 0.3) is 10.9 Å². The Kier molecular flexibility index (Phi) is 4.25. The van der Waals surface area contributed by atoms with Gasteiger partial charge in [0.05, 0.1) is 5.52 Å². The largest absolute Gasteiger partial charge is 0.365 e. The van der Waals surface area contributed by atoms with E-state index in [1.54, 1.807) is 0 Å². The van der Waals surface area contributed by atoms with Crippen LogP contribution in [0.15, 0.2) is 48.5 Å². The summed E-state index contributed by atoms with van der Waals surface area (Å²) in [5.41, 5.74) is 2.14. The van der Waals surface area contributed by atoms with E-state index in [0.717, 1.165) is 33.1 Å². The average molecular weight is 312 g/mol. The number of hydrogen-bond donors (Lipinski definition) is 1. The van der Waals surface area contributed by atoms with Gasteiger partial charge in [-0.25, -0.2) is 9.97 Å². The minimum absolute atomic E-state index is 0.292. The molecule has 3 aromatic rings. The summed E-state index contributed by atoms with van der Waals surface area (Å²) < 4.78 is 0. The van der Waals surface area contributed by atoms with Crippen LogP contribution in [0.2, 0.25) is 5.02 Å². The second kappa shape index (κ2) is 6.32. The number of benzene rings is 2. The van der Waals surface area contributed by atoms with E-state index in [-0.39, 0.29) is 0 Å². The van der Waals surface area contributed by atoms with Crippen molar-refractivity contribution in [1.29, 1.82) is 0 Å². The van der Waals surface area contributed by atoms with Crippen molar-refractivity contribution in [3.63, 3.8) is 0 Å². The summed E-state index contributed by atoms with van der Waals surface area (Å²) in [6.07, 6.45) is 0. The van der Waals surface area contributed by atoms with E-state index in [0.29, 0.717) is 12.5 Å². The van der Waals surface area contributed by atoms with Crippen molar-refractivity contribution in [2.75, 3.05) is 5.32 Å². The van der Waals surface area contributed by atoms with Crippen LogP contribution in [0, 0.1) is 0 Å². The van der Waals surface area contributed by atoms with E-state index in [9.17, 15) is 0 Å². The first-order chi connectivity index (χ1) is 10.6. The molecule has 0 unspecified atom stereocenters. The molecule has 0 aliphatic heterocycles. The van der Waals surface area contributed by atoms with Crippen LogP contribution in [0.4, 0.5) is 5.82 Å². The molecule has 3 rings (SSSR count). The smallest absolute Gasteiger partial charge is 0.137 e. The highest BCUT2D eigenvalue weighted by Gasteiger charge is 2.09. The molecule has 0 bridgehead atoms. The number of aromatic nitrogens is 2. The second-order valence-corrected chi connectivity index (χ2v) is 6.02. The molecular formula is C18H18ClN3. The zero-order valence-electron chi connectivity index (χ0n) is 12.7. The average Bonchev–Trinajstić information content (AvgIpc) is 2.53. The Morgan fingerprint density at radius 1 is 1.00 bits per heavy atom. The highest BCUT2D eigenvalue weighted by molar-refractivity contribution is 6.30. The van der Waals surface area contributed by atoms with Crippen LogP contribution in [0.1, 0.15) is 31.2 Å². The minimum Gasteiger partial charge on any atom is -0.365 e. The van der Waals surface area contributed by atoms with E-state index in [4.69, 9.17) is 11.6 Å². The predicted molar refractivity (Wildman–Crippen MR) is 92.4 cm³/mol. The quantitative estimate of drug-likeness (QED) is 0.735. The zero-order valence-corrected chi connectivity index (χ0v) is 13.4. The van der Waals surface area contributed by atoms with Crippen molar-refractivity contribution in [1.82, 2.24) is 9.97 Å². The summed E-state index contributed by atoms with van der Waals surface area (Å²) in [4.78, 5) is 9.32. The molecule has 2 aromatic carbocycles. The molecule has 0 radical (unpaired) electrons. The van der Waals surface area contributed by atoms with Crippen LogP contribution >= 0.6 is 11.6 Å². The summed E-state index contributed by atoms with van der Waals surface area (Å²) in [7, 11) is 0. The summed E-state index contributed by atoms with van der Waals surface area (Å²) in [6.45, 7) is 4.91. The maximum Gasteiger partial charge on any atom is 0.137 e. The lowest BCUT2D eigenvalue weighted by molar-refractivity contribution is 0.783. The topological polar surface area (TPSA) is 37.8 Å². The number of fused-ring (bicyclic) bond motifs is 1. The van der Waals surface area contributed by atoms with Crippen molar-refractivity contribution in [2.45, 2.75) is 26.3 Å². The molecule has 22 heavy (non-hydrogen) atoms. The van der Waals surface area contributed by atoms with Gasteiger partial charge in [-0.2, -0.15) is 0 Å². The Balaban J connectivity index is 1.93. The van der Waals surface area contributed by atoms with Gasteiger partial charge in [-0.15, -0.1) is 0 Å². The molecule has 3 nitrogen and oxygen atoms in total. The second-order valence-electron chi connectivity index (χ2n) is 5.58. The summed E-state index contributed by atoms with van der Waals surface area (Å²) in [5, 5.41) is 5.22. The van der Waals surface area contributed by atoms with Gasteiger partial charge in [0.2, 0.25) is 0 Å². The van der Waals surface area contributed by atoms with Crippen molar-refractivity contribution >= 4 is 28.3 Å². The third-order valence-corrected chi connectivity index (χ3v) is 3.76. The van der Waals surface area contributed by atoms with Gasteiger partial charge in [-0.3, -0.25) is 0 Å². The summed E-state index contributed by atoms with van der Waals surface area (Å²) in [5.74, 6) is 2.03. The number of para-hydroxylation sites is 1. The molecule has 0 saturated carbocycles. The molecule has 0 spiro atoms. The zero-order chi connectivity index (χ0) is 15.5. The van der Waals surface area contributed by atoms with Gasteiger partial charge in [0.15, 0.2) is 0 Å². The number of hydrogen-bond acceptors (Lipinski definition) is 3. The van der Waals surface area contributed by atoms with Gasteiger partial charge in [0.1, 0.15) is 11.6 Å². The van der Waals surface area contributed by atoms with Crippen LogP contribution in [-0.4, -0.2) is 9.97 Å². The lowest BCUT2D eigenvalue weighted by Gasteiger charge is -2.12. The number of rotatable bonds is 4. The van der Waals surface area contributed by atoms with Crippen molar-refractivity contribution < 1.29 is 0 Å². The standard InChI is InChI=1S/C18H18ClN3/c1-12(2)17-21-16-6-4-3-5-15(16)18(22-17)20-11-13-7-9-14(19)10-8-13/h3-10,12H,11H2,1-2H3,(H,20,21,22). The van der Waals surface area contributed by atoms with Crippen molar-refractivity contribution in [3.05, 3.63) is 64.9 Å². The lowest BCUT2D eigenvalue weighted by atomic mass is 10.1. The maximum absolute atomic E-state index is 5.92. The summed E-state index contributed by atoms with van der Waals surface area (Å²) in [6, 6.07) is 15.9. The van der Waals surface area contributed by atoms with Gasteiger partial charge in [0, 0.05) is 22.9 Å². The third kappa shape index (κ3) is 3.20. The fourth-order valence-electron chi connectivity index (χ4n) is 2.28. The normalized spacial score (nSPS) is 11.1. The van der Waals surface area contributed by atoms with E-state index in [1.165, 1.54) is 0 Å². The van der Waals surface area contributed by atoms with E-state index >= 15 is 0 Å². The van der Waals surface area contributed by atoms with E-state index in [2.05, 4.69) is 29.1 Å². The van der Waals surface area contributed by atoms with Crippen LogP contribution in [0.5, 0.6) is 0 Å². The molecule has 112 valence electrons. The number of nitrogens with one attached hydrogen (secondary N) is 1. The van der Waals surface area contributed by atoms with Gasteiger partial charge in [-0.1, -0.05) is 49.7 Å². The Labute approximate surface area is 135 Å². The molecule has 0 saturated heterocycles. The van der Waals surface area contributed by atoms with E-state index < -0.39 is 0 Å². The molecule has 1 N–H and O–H groups in total. The number of halogens is 1. The molecule has 4 heteroatoms. The third-order valence-electron chi connectivity index (χ3n) is 3.51. The fourth-order valence-corrected chi connectivity index (χ4v) is 2.40. The highest BCUT2D eigenvalue weighted by Crippen LogP contribution is 2.23. The van der Waals surface area contributed by atoms with Crippen LogP contribution in [0.3, 0.4) is 0 Å². The van der Waals surface area contributed by atoms with Crippen molar-refractivity contribution in [2.24, 2.45) is 0 Å². The first-order valence-electron chi connectivity index (χ1n) is 7.38. The first-order valence-corrected chi connectivity index (χ1v) is 7.76. The highest BCUT2D eigenvalue weighted by atomic mass is 35.5. The first kappa shape index (κ1) is 14.8. The lowest BCUT2D eigenvalue weighted by Crippen LogP contribution is -2.06. The van der Waals surface area contributed by atoms with E-state index in [1.807, 2.05) is 48.5 Å². The SMILES string of the molecule is CC(C)c1nc(NCc2ccc(Cl)cc2)c2ccccc2n1.